The third kappa shape index (κ3) is 2.54. The molecule has 0 saturated carbocycles. The molecule has 0 saturated heterocycles. The third-order valence-electron chi connectivity index (χ3n) is 2.07. The Kier molecular flexibility index (Phi) is 2.95. The summed E-state index contributed by atoms with van der Waals surface area (Å²) in [6.45, 7) is 1.71. The zero-order chi connectivity index (χ0) is 12.3. The quantitative estimate of drug-likeness (QED) is 0.770. The summed E-state index contributed by atoms with van der Waals surface area (Å²) in [6, 6.07) is 9.28. The smallest absolute Gasteiger partial charge is 0.170 e. The van der Waals surface area contributed by atoms with Crippen molar-refractivity contribution in [2.45, 2.75) is 6.92 Å². The van der Waals surface area contributed by atoms with Gasteiger partial charge in [0.25, 0.3) is 0 Å². The highest BCUT2D eigenvalue weighted by molar-refractivity contribution is 5.69. The van der Waals surface area contributed by atoms with Gasteiger partial charge < -0.3 is 11.5 Å². The van der Waals surface area contributed by atoms with E-state index < -0.39 is 0 Å². The lowest BCUT2D eigenvalue weighted by atomic mass is 10.3. The largest absolute Gasteiger partial charge is 0.382 e. The summed E-state index contributed by atoms with van der Waals surface area (Å²) in [4.78, 5) is 7.96. The van der Waals surface area contributed by atoms with Gasteiger partial charge in [-0.2, -0.15) is 5.11 Å². The highest BCUT2D eigenvalue weighted by Crippen LogP contribution is 2.27. The van der Waals surface area contributed by atoms with Crippen molar-refractivity contribution in [3.05, 3.63) is 36.2 Å². The van der Waals surface area contributed by atoms with Crippen molar-refractivity contribution in [2.75, 3.05) is 11.5 Å². The summed E-state index contributed by atoms with van der Waals surface area (Å²) in [5.74, 6) is 0.975. The van der Waals surface area contributed by atoms with Gasteiger partial charge in [0.15, 0.2) is 17.3 Å². The molecule has 6 heteroatoms. The molecule has 86 valence electrons. The Hall–Kier alpha value is -2.50. The Labute approximate surface area is 98.4 Å². The van der Waals surface area contributed by atoms with Gasteiger partial charge in [0.05, 0.1) is 5.69 Å². The predicted molar refractivity (Wildman–Crippen MR) is 66.2 cm³/mol. The van der Waals surface area contributed by atoms with Gasteiger partial charge in [0.2, 0.25) is 0 Å². The van der Waals surface area contributed by atoms with Gasteiger partial charge in [-0.1, -0.05) is 18.2 Å². The maximum absolute atomic E-state index is 5.70. The first-order valence-corrected chi connectivity index (χ1v) is 5.03. The Morgan fingerprint density at radius 3 is 2.12 bits per heavy atom. The van der Waals surface area contributed by atoms with E-state index in [4.69, 9.17) is 11.5 Å². The second kappa shape index (κ2) is 4.56. The maximum atomic E-state index is 5.70. The van der Waals surface area contributed by atoms with Gasteiger partial charge in [0.1, 0.15) is 5.82 Å². The third-order valence-corrected chi connectivity index (χ3v) is 2.07. The summed E-state index contributed by atoms with van der Waals surface area (Å²) in [5, 5.41) is 7.98. The predicted octanol–water partition coefficient (Wildman–Crippen LogP) is 2.36. The van der Waals surface area contributed by atoms with Gasteiger partial charge in [-0.25, -0.2) is 9.97 Å². The first-order chi connectivity index (χ1) is 8.16. The van der Waals surface area contributed by atoms with Gasteiger partial charge in [-0.15, -0.1) is 5.11 Å². The van der Waals surface area contributed by atoms with Crippen LogP contribution >= 0.6 is 0 Å². The maximum Gasteiger partial charge on any atom is 0.170 e. The fourth-order valence-electron chi connectivity index (χ4n) is 1.32. The van der Waals surface area contributed by atoms with E-state index in [2.05, 4.69) is 20.2 Å². The molecule has 0 aliphatic heterocycles. The average molecular weight is 228 g/mol. The second-order valence-corrected chi connectivity index (χ2v) is 3.43. The molecule has 1 aromatic carbocycles. The van der Waals surface area contributed by atoms with E-state index in [0.29, 0.717) is 17.2 Å². The number of rotatable bonds is 2. The molecule has 0 atom stereocenters. The van der Waals surface area contributed by atoms with E-state index in [1.165, 1.54) is 0 Å². The zero-order valence-electron chi connectivity index (χ0n) is 9.33. The summed E-state index contributed by atoms with van der Waals surface area (Å²) < 4.78 is 0. The van der Waals surface area contributed by atoms with Crippen LogP contribution in [0.15, 0.2) is 40.6 Å². The monoisotopic (exact) mass is 228 g/mol. The van der Waals surface area contributed by atoms with Crippen molar-refractivity contribution in [3.8, 4) is 0 Å². The summed E-state index contributed by atoms with van der Waals surface area (Å²) in [6.07, 6.45) is 0. The average Bonchev–Trinajstić information content (AvgIpc) is 2.29. The molecule has 0 bridgehead atoms. The van der Waals surface area contributed by atoms with Crippen LogP contribution in [0.3, 0.4) is 0 Å². The molecule has 4 N–H and O–H groups in total. The number of anilines is 2. The zero-order valence-corrected chi connectivity index (χ0v) is 9.33. The van der Waals surface area contributed by atoms with Crippen molar-refractivity contribution in [1.82, 2.24) is 9.97 Å². The van der Waals surface area contributed by atoms with E-state index >= 15 is 0 Å². The van der Waals surface area contributed by atoms with Crippen LogP contribution in [0.1, 0.15) is 5.82 Å². The minimum atomic E-state index is 0.231. The van der Waals surface area contributed by atoms with Crippen molar-refractivity contribution in [2.24, 2.45) is 10.2 Å². The normalized spacial score (nSPS) is 10.9. The number of aromatic nitrogens is 2. The molecule has 0 radical (unpaired) electrons. The fourth-order valence-corrected chi connectivity index (χ4v) is 1.32. The van der Waals surface area contributed by atoms with Gasteiger partial charge >= 0.3 is 0 Å². The Bertz CT molecular complexity index is 526. The molecule has 0 fully saturated rings. The molecule has 0 amide bonds. The molecule has 0 aliphatic rings. The van der Waals surface area contributed by atoms with Crippen molar-refractivity contribution < 1.29 is 0 Å². The lowest BCUT2D eigenvalue weighted by molar-refractivity contribution is 1.05. The van der Waals surface area contributed by atoms with Crippen LogP contribution in [0.5, 0.6) is 0 Å². The first kappa shape index (κ1) is 11.0. The van der Waals surface area contributed by atoms with Crippen molar-refractivity contribution in [1.29, 1.82) is 0 Å². The van der Waals surface area contributed by atoms with E-state index in [1.54, 1.807) is 6.92 Å². The molecule has 2 rings (SSSR count). The minimum Gasteiger partial charge on any atom is -0.382 e. The van der Waals surface area contributed by atoms with Crippen LogP contribution in [-0.4, -0.2) is 9.97 Å². The minimum absolute atomic E-state index is 0.231. The molecule has 1 heterocycles. The number of nitrogens with zero attached hydrogens (tertiary/aromatic N) is 4. The first-order valence-electron chi connectivity index (χ1n) is 5.03. The second-order valence-electron chi connectivity index (χ2n) is 3.43. The summed E-state index contributed by atoms with van der Waals surface area (Å²) in [5.41, 5.74) is 12.4. The van der Waals surface area contributed by atoms with Gasteiger partial charge in [-0.05, 0) is 19.1 Å². The SMILES string of the molecule is Cc1nc(N)c(N=Nc2ccccc2)c(N)n1. The van der Waals surface area contributed by atoms with Gasteiger partial charge in [0, 0.05) is 0 Å². The number of nitrogen functional groups attached to an aromatic ring is 2. The number of benzene rings is 1. The van der Waals surface area contributed by atoms with Crippen molar-refractivity contribution in [3.63, 3.8) is 0 Å². The Morgan fingerprint density at radius 2 is 1.53 bits per heavy atom. The lowest BCUT2D eigenvalue weighted by Gasteiger charge is -2.02. The van der Waals surface area contributed by atoms with Crippen LogP contribution < -0.4 is 11.5 Å². The summed E-state index contributed by atoms with van der Waals surface area (Å²) >= 11 is 0. The molecule has 0 unspecified atom stereocenters. The molecule has 1 aromatic heterocycles. The van der Waals surface area contributed by atoms with Crippen LogP contribution in [0.2, 0.25) is 0 Å². The Balaban J connectivity index is 2.34. The van der Waals surface area contributed by atoms with E-state index in [9.17, 15) is 0 Å². The van der Waals surface area contributed by atoms with E-state index in [0.717, 1.165) is 0 Å². The molecule has 0 aliphatic carbocycles. The Morgan fingerprint density at radius 1 is 0.941 bits per heavy atom. The molecule has 0 spiro atoms. The lowest BCUT2D eigenvalue weighted by Crippen LogP contribution is -2.00. The number of hydrogen-bond donors (Lipinski definition) is 2. The summed E-state index contributed by atoms with van der Waals surface area (Å²) in [7, 11) is 0. The highest BCUT2D eigenvalue weighted by atomic mass is 15.2. The van der Waals surface area contributed by atoms with Gasteiger partial charge in [-0.3, -0.25) is 0 Å². The molecular formula is C11H12N6. The number of nitrogens with two attached hydrogens (primary N) is 2. The molecular weight excluding hydrogens is 216 g/mol. The fraction of sp³-hybridized carbons (Fsp3) is 0.0909. The topological polar surface area (TPSA) is 103 Å². The number of hydrogen-bond acceptors (Lipinski definition) is 6. The standard InChI is InChI=1S/C11H12N6/c1-7-14-10(12)9(11(13)15-7)17-16-8-5-3-2-4-6-8/h2-6H,1H3,(H4,12,13,14,15). The highest BCUT2D eigenvalue weighted by Gasteiger charge is 2.07. The number of azo groups is 1. The molecule has 17 heavy (non-hydrogen) atoms. The molecule has 6 nitrogen and oxygen atoms in total. The van der Waals surface area contributed by atoms with Crippen molar-refractivity contribution >= 4 is 23.0 Å². The van der Waals surface area contributed by atoms with Crippen LogP contribution in [0, 0.1) is 6.92 Å². The van der Waals surface area contributed by atoms with Crippen LogP contribution in [0.25, 0.3) is 0 Å². The van der Waals surface area contributed by atoms with E-state index in [1.807, 2.05) is 30.3 Å². The van der Waals surface area contributed by atoms with Crippen LogP contribution in [0.4, 0.5) is 23.0 Å². The van der Waals surface area contributed by atoms with E-state index in [-0.39, 0.29) is 11.6 Å². The number of aryl methyl sites for hydroxylation is 1. The molecule has 2 aromatic rings. The van der Waals surface area contributed by atoms with Crippen LogP contribution in [-0.2, 0) is 0 Å².